The molecule has 1 rings (SSSR count). The van der Waals surface area contributed by atoms with Crippen molar-refractivity contribution in [3.05, 3.63) is 28.1 Å². The molecule has 0 atom stereocenters. The number of nitro groups is 1. The Hall–Kier alpha value is -1.85. The third-order valence-corrected chi connectivity index (χ3v) is 1.60. The molecule has 0 spiro atoms. The van der Waals surface area contributed by atoms with E-state index in [0.29, 0.717) is 0 Å². The number of hydrogen-bond acceptors (Lipinski definition) is 4. The third kappa shape index (κ3) is 2.09. The highest BCUT2D eigenvalue weighted by Crippen LogP contribution is 2.15. The molecular weight excluding hydrogens is 188 g/mol. The molecule has 1 aromatic rings. The van der Waals surface area contributed by atoms with Crippen LogP contribution >= 0.6 is 0 Å². The van der Waals surface area contributed by atoms with Gasteiger partial charge in [-0.15, -0.1) is 0 Å². The summed E-state index contributed by atoms with van der Waals surface area (Å²) >= 11 is 0. The number of hydrogen-bond donors (Lipinski definition) is 0. The Labute approximate surface area is 81.2 Å². The molecule has 78 valence electrons. The molecule has 0 aliphatic rings. The molecule has 0 bridgehead atoms. The molecule has 14 heavy (non-hydrogen) atoms. The van der Waals surface area contributed by atoms with Crippen LogP contribution in [0.5, 0.6) is 0 Å². The van der Waals surface area contributed by atoms with Crippen LogP contribution in [0, 0.1) is 10.1 Å². The van der Waals surface area contributed by atoms with Crippen LogP contribution in [0.4, 0.5) is 5.69 Å². The number of nitrogens with zero attached hydrogens (tertiary/aromatic N) is 2. The average Bonchev–Trinajstić information content (AvgIpc) is 2.46. The maximum atomic E-state index is 11.0. The average molecular weight is 200 g/mol. The predicted molar refractivity (Wildman–Crippen MR) is 50.1 cm³/mol. The van der Waals surface area contributed by atoms with Gasteiger partial charge in [0.25, 0.3) is 5.69 Å². The van der Waals surface area contributed by atoms with E-state index in [1.807, 2.05) is 0 Å². The van der Waals surface area contributed by atoms with Gasteiger partial charge in [0.15, 0.2) is 0 Å². The van der Waals surface area contributed by atoms with Crippen molar-refractivity contribution < 1.29 is 14.5 Å². The lowest BCUT2D eigenvalue weighted by Crippen LogP contribution is -2.06. The van der Waals surface area contributed by atoms with Crippen LogP contribution < -0.4 is 0 Å². The fourth-order valence-electron chi connectivity index (χ4n) is 0.954. The summed E-state index contributed by atoms with van der Waals surface area (Å²) in [7, 11) is 2.76. The molecule has 1 heterocycles. The highest BCUT2D eigenvalue weighted by atomic mass is 16.6. The molecule has 0 aromatic carbocycles. The normalized spacial score (nSPS) is 9.00. The lowest BCUT2D eigenvalue weighted by Gasteiger charge is -1.97. The first-order valence-electron chi connectivity index (χ1n) is 3.45. The highest BCUT2D eigenvalue weighted by Gasteiger charge is 2.17. The number of carbonyl (C=O) groups excluding carboxylic acids is 1. The largest absolute Gasteiger partial charge is 0.464 e. The summed E-state index contributed by atoms with van der Waals surface area (Å²) in [6.07, 6.45) is 1.26. The SMILES string of the molecule is C.COC(=O)c1cc([N+](=O)[O-])cn1C. The van der Waals surface area contributed by atoms with E-state index in [-0.39, 0.29) is 18.8 Å². The summed E-state index contributed by atoms with van der Waals surface area (Å²) in [5.74, 6) is -0.587. The number of rotatable bonds is 2. The quantitative estimate of drug-likeness (QED) is 0.410. The number of aryl methyl sites for hydroxylation is 1. The summed E-state index contributed by atoms with van der Waals surface area (Å²) in [6.45, 7) is 0. The second-order valence-corrected chi connectivity index (χ2v) is 2.44. The zero-order valence-electron chi connectivity index (χ0n) is 7.18. The number of esters is 1. The van der Waals surface area contributed by atoms with Gasteiger partial charge in [-0.1, -0.05) is 7.43 Å². The molecule has 0 amide bonds. The first-order chi connectivity index (χ1) is 6.06. The Morgan fingerprint density at radius 1 is 1.64 bits per heavy atom. The molecule has 6 nitrogen and oxygen atoms in total. The van der Waals surface area contributed by atoms with Crippen LogP contribution in [0.3, 0.4) is 0 Å². The van der Waals surface area contributed by atoms with Crippen LogP contribution in [0.25, 0.3) is 0 Å². The van der Waals surface area contributed by atoms with E-state index in [0.717, 1.165) is 0 Å². The Morgan fingerprint density at radius 2 is 2.21 bits per heavy atom. The van der Waals surface area contributed by atoms with Gasteiger partial charge in [-0.05, 0) is 0 Å². The van der Waals surface area contributed by atoms with E-state index in [1.54, 1.807) is 7.05 Å². The molecular formula is C8H12N2O4. The van der Waals surface area contributed by atoms with Gasteiger partial charge in [0.2, 0.25) is 0 Å². The Balaban J connectivity index is 0.00000169. The summed E-state index contributed by atoms with van der Waals surface area (Å²) in [5, 5.41) is 10.3. The number of aromatic nitrogens is 1. The van der Waals surface area contributed by atoms with Crippen molar-refractivity contribution in [3.8, 4) is 0 Å². The maximum Gasteiger partial charge on any atom is 0.354 e. The van der Waals surface area contributed by atoms with Crippen LogP contribution in [-0.2, 0) is 11.8 Å². The standard InChI is InChI=1S/C7H8N2O4.CH4/c1-8-4-5(9(11)12)3-6(8)7(10)13-2;/h3-4H,1-2H3;1H4. The van der Waals surface area contributed by atoms with Gasteiger partial charge in [0, 0.05) is 13.1 Å². The van der Waals surface area contributed by atoms with E-state index in [4.69, 9.17) is 0 Å². The molecule has 6 heteroatoms. The Bertz CT molecular complexity index is 356. The molecule has 0 aliphatic carbocycles. The summed E-state index contributed by atoms with van der Waals surface area (Å²) in [5.41, 5.74) is 0.0390. The summed E-state index contributed by atoms with van der Waals surface area (Å²) < 4.78 is 5.78. The Kier molecular flexibility index (Phi) is 3.82. The first-order valence-corrected chi connectivity index (χ1v) is 3.45. The van der Waals surface area contributed by atoms with Gasteiger partial charge in [0.1, 0.15) is 5.69 Å². The van der Waals surface area contributed by atoms with E-state index in [9.17, 15) is 14.9 Å². The van der Waals surface area contributed by atoms with Crippen molar-refractivity contribution in [2.24, 2.45) is 7.05 Å². The molecule has 0 N–H and O–H groups in total. The smallest absolute Gasteiger partial charge is 0.354 e. The molecule has 0 saturated heterocycles. The second kappa shape index (κ2) is 4.40. The first kappa shape index (κ1) is 12.2. The molecule has 1 aromatic heterocycles. The van der Waals surface area contributed by atoms with Crippen LogP contribution in [0.1, 0.15) is 17.9 Å². The van der Waals surface area contributed by atoms with Crippen LogP contribution in [-0.4, -0.2) is 22.6 Å². The van der Waals surface area contributed by atoms with Crippen LogP contribution in [0.2, 0.25) is 0 Å². The molecule has 0 fully saturated rings. The summed E-state index contributed by atoms with van der Waals surface area (Å²) in [4.78, 5) is 20.8. The predicted octanol–water partition coefficient (Wildman–Crippen LogP) is 1.36. The molecule has 0 radical (unpaired) electrons. The monoisotopic (exact) mass is 200 g/mol. The third-order valence-electron chi connectivity index (χ3n) is 1.60. The minimum Gasteiger partial charge on any atom is -0.464 e. The van der Waals surface area contributed by atoms with Crippen molar-refractivity contribution >= 4 is 11.7 Å². The van der Waals surface area contributed by atoms with E-state index in [2.05, 4.69) is 4.74 Å². The van der Waals surface area contributed by atoms with E-state index in [1.165, 1.54) is 23.9 Å². The fourth-order valence-corrected chi connectivity index (χ4v) is 0.954. The number of ether oxygens (including phenoxy) is 1. The molecule has 0 unspecified atom stereocenters. The van der Waals surface area contributed by atoms with Gasteiger partial charge >= 0.3 is 5.97 Å². The minimum atomic E-state index is -0.587. The van der Waals surface area contributed by atoms with Gasteiger partial charge in [-0.3, -0.25) is 10.1 Å². The Morgan fingerprint density at radius 3 is 2.57 bits per heavy atom. The topological polar surface area (TPSA) is 74.4 Å². The number of methoxy groups -OCH3 is 1. The molecule has 0 saturated carbocycles. The minimum absolute atomic E-state index is 0. The lowest BCUT2D eigenvalue weighted by atomic mass is 10.4. The van der Waals surface area contributed by atoms with Crippen molar-refractivity contribution in [2.75, 3.05) is 7.11 Å². The second-order valence-electron chi connectivity index (χ2n) is 2.44. The highest BCUT2D eigenvalue weighted by molar-refractivity contribution is 5.88. The van der Waals surface area contributed by atoms with Crippen molar-refractivity contribution in [2.45, 2.75) is 7.43 Å². The van der Waals surface area contributed by atoms with Crippen molar-refractivity contribution in [1.29, 1.82) is 0 Å². The maximum absolute atomic E-state index is 11.0. The van der Waals surface area contributed by atoms with Gasteiger partial charge < -0.3 is 9.30 Å². The van der Waals surface area contributed by atoms with Gasteiger partial charge in [-0.25, -0.2) is 4.79 Å². The lowest BCUT2D eigenvalue weighted by molar-refractivity contribution is -0.384. The van der Waals surface area contributed by atoms with Crippen molar-refractivity contribution in [3.63, 3.8) is 0 Å². The number of carbonyl (C=O) groups is 1. The zero-order chi connectivity index (χ0) is 10.0. The van der Waals surface area contributed by atoms with Gasteiger partial charge in [0.05, 0.1) is 18.2 Å². The summed E-state index contributed by atoms with van der Waals surface area (Å²) in [6, 6.07) is 1.17. The van der Waals surface area contributed by atoms with E-state index >= 15 is 0 Å². The molecule has 0 aliphatic heterocycles. The zero-order valence-corrected chi connectivity index (χ0v) is 7.18. The van der Waals surface area contributed by atoms with Crippen molar-refractivity contribution in [1.82, 2.24) is 4.57 Å². The van der Waals surface area contributed by atoms with Gasteiger partial charge in [-0.2, -0.15) is 0 Å². The van der Waals surface area contributed by atoms with E-state index < -0.39 is 10.9 Å². The fraction of sp³-hybridized carbons (Fsp3) is 0.375. The van der Waals surface area contributed by atoms with Crippen LogP contribution in [0.15, 0.2) is 12.3 Å².